The summed E-state index contributed by atoms with van der Waals surface area (Å²) in [7, 11) is 0. The van der Waals surface area contributed by atoms with E-state index in [4.69, 9.17) is 11.6 Å². The standard InChI is InChI=1S/C8H8ClNO2/c9-7-5-3-10-2-4(5)1-6(11)8(7)12/h1,10-12H,2-3H2. The van der Waals surface area contributed by atoms with Crippen LogP contribution in [0.15, 0.2) is 6.07 Å². The number of hydrogen-bond acceptors (Lipinski definition) is 3. The van der Waals surface area contributed by atoms with Crippen LogP contribution >= 0.6 is 11.6 Å². The summed E-state index contributed by atoms with van der Waals surface area (Å²) in [5.41, 5.74) is 1.84. The maximum absolute atomic E-state index is 9.26. The van der Waals surface area contributed by atoms with Crippen LogP contribution < -0.4 is 5.32 Å². The largest absolute Gasteiger partial charge is 0.504 e. The number of phenolic OH excluding ortho intramolecular Hbond substituents is 2. The Hall–Kier alpha value is -0.930. The SMILES string of the molecule is Oc1cc2c(c(Cl)c1O)CNC2. The Kier molecular flexibility index (Phi) is 1.63. The van der Waals surface area contributed by atoms with Gasteiger partial charge in [-0.3, -0.25) is 0 Å². The molecule has 0 saturated carbocycles. The van der Waals surface area contributed by atoms with Crippen molar-refractivity contribution in [3.05, 3.63) is 22.2 Å². The van der Waals surface area contributed by atoms with Crippen LogP contribution in [-0.2, 0) is 13.1 Å². The second kappa shape index (κ2) is 2.54. The highest BCUT2D eigenvalue weighted by molar-refractivity contribution is 6.33. The summed E-state index contributed by atoms with van der Waals surface area (Å²) in [6.45, 7) is 1.35. The van der Waals surface area contributed by atoms with Crippen LogP contribution in [0.1, 0.15) is 11.1 Å². The van der Waals surface area contributed by atoms with Gasteiger partial charge in [-0.1, -0.05) is 11.6 Å². The fraction of sp³-hybridized carbons (Fsp3) is 0.250. The predicted molar refractivity (Wildman–Crippen MR) is 45.3 cm³/mol. The number of hydrogen-bond donors (Lipinski definition) is 3. The maximum atomic E-state index is 9.26. The molecular weight excluding hydrogens is 178 g/mol. The molecule has 0 amide bonds. The fourth-order valence-corrected chi connectivity index (χ4v) is 1.67. The molecule has 12 heavy (non-hydrogen) atoms. The minimum atomic E-state index is -0.223. The first-order chi connectivity index (χ1) is 5.70. The summed E-state index contributed by atoms with van der Waals surface area (Å²) in [4.78, 5) is 0. The molecule has 0 aliphatic carbocycles. The molecule has 0 bridgehead atoms. The van der Waals surface area contributed by atoms with Gasteiger partial charge in [-0.15, -0.1) is 0 Å². The zero-order valence-corrected chi connectivity index (χ0v) is 7.02. The third-order valence-electron chi connectivity index (χ3n) is 2.03. The van der Waals surface area contributed by atoms with Crippen molar-refractivity contribution in [3.63, 3.8) is 0 Å². The zero-order valence-electron chi connectivity index (χ0n) is 6.26. The molecule has 0 saturated heterocycles. The smallest absolute Gasteiger partial charge is 0.176 e. The van der Waals surface area contributed by atoms with Crippen molar-refractivity contribution < 1.29 is 10.2 Å². The molecule has 1 aromatic rings. The predicted octanol–water partition coefficient (Wildman–Crippen LogP) is 1.35. The van der Waals surface area contributed by atoms with E-state index in [2.05, 4.69) is 5.32 Å². The van der Waals surface area contributed by atoms with Crippen LogP contribution in [-0.4, -0.2) is 10.2 Å². The van der Waals surface area contributed by atoms with Gasteiger partial charge in [0.25, 0.3) is 0 Å². The average molecular weight is 186 g/mol. The molecule has 3 N–H and O–H groups in total. The minimum Gasteiger partial charge on any atom is -0.504 e. The molecule has 3 nitrogen and oxygen atoms in total. The van der Waals surface area contributed by atoms with Crippen molar-refractivity contribution in [2.75, 3.05) is 0 Å². The highest BCUT2D eigenvalue weighted by Crippen LogP contribution is 2.39. The molecule has 0 unspecified atom stereocenters. The van der Waals surface area contributed by atoms with Crippen molar-refractivity contribution in [2.24, 2.45) is 0 Å². The Balaban J connectivity index is 2.67. The van der Waals surface area contributed by atoms with Crippen molar-refractivity contribution in [2.45, 2.75) is 13.1 Å². The number of halogens is 1. The maximum Gasteiger partial charge on any atom is 0.176 e. The van der Waals surface area contributed by atoms with Gasteiger partial charge in [0.1, 0.15) is 0 Å². The molecule has 1 heterocycles. The van der Waals surface area contributed by atoms with Crippen LogP contribution in [0.5, 0.6) is 11.5 Å². The zero-order chi connectivity index (χ0) is 8.72. The average Bonchev–Trinajstić information content (AvgIpc) is 2.48. The Morgan fingerprint density at radius 3 is 2.83 bits per heavy atom. The summed E-state index contributed by atoms with van der Waals surface area (Å²) >= 11 is 5.79. The van der Waals surface area contributed by atoms with Gasteiger partial charge in [-0.25, -0.2) is 0 Å². The number of phenols is 2. The second-order valence-electron chi connectivity index (χ2n) is 2.80. The van der Waals surface area contributed by atoms with E-state index >= 15 is 0 Å². The first-order valence-electron chi connectivity index (χ1n) is 3.63. The summed E-state index contributed by atoms with van der Waals surface area (Å²) in [5, 5.41) is 21.8. The molecule has 0 atom stereocenters. The van der Waals surface area contributed by atoms with Crippen molar-refractivity contribution >= 4 is 11.6 Å². The van der Waals surface area contributed by atoms with Crippen LogP contribution in [0.2, 0.25) is 5.02 Å². The van der Waals surface area contributed by atoms with Crippen LogP contribution in [0.25, 0.3) is 0 Å². The topological polar surface area (TPSA) is 52.5 Å². The Morgan fingerprint density at radius 2 is 2.08 bits per heavy atom. The number of rotatable bonds is 0. The fourth-order valence-electron chi connectivity index (χ4n) is 1.39. The molecule has 1 aliphatic heterocycles. The molecule has 0 spiro atoms. The van der Waals surface area contributed by atoms with E-state index in [0.717, 1.165) is 11.1 Å². The van der Waals surface area contributed by atoms with E-state index in [0.29, 0.717) is 13.1 Å². The molecule has 64 valence electrons. The van der Waals surface area contributed by atoms with Gasteiger partial charge in [0.15, 0.2) is 11.5 Å². The Bertz CT molecular complexity index is 338. The second-order valence-corrected chi connectivity index (χ2v) is 3.18. The van der Waals surface area contributed by atoms with Crippen molar-refractivity contribution in [1.82, 2.24) is 5.32 Å². The third-order valence-corrected chi connectivity index (χ3v) is 2.44. The first kappa shape index (κ1) is 7.71. The lowest BCUT2D eigenvalue weighted by molar-refractivity contribution is 0.403. The van der Waals surface area contributed by atoms with Gasteiger partial charge in [0.05, 0.1) is 5.02 Å². The van der Waals surface area contributed by atoms with E-state index in [1.807, 2.05) is 0 Å². The van der Waals surface area contributed by atoms with E-state index < -0.39 is 0 Å². The molecule has 4 heteroatoms. The number of nitrogens with one attached hydrogen (secondary N) is 1. The Morgan fingerprint density at radius 1 is 1.33 bits per heavy atom. The normalized spacial score (nSPS) is 14.8. The minimum absolute atomic E-state index is 0.151. The van der Waals surface area contributed by atoms with Gasteiger partial charge in [-0.05, 0) is 17.2 Å². The molecule has 1 aromatic carbocycles. The summed E-state index contributed by atoms with van der Waals surface area (Å²) in [5.74, 6) is -0.374. The number of fused-ring (bicyclic) bond motifs is 1. The summed E-state index contributed by atoms with van der Waals surface area (Å²) in [6, 6.07) is 1.54. The van der Waals surface area contributed by atoms with Crippen molar-refractivity contribution in [3.8, 4) is 11.5 Å². The van der Waals surface area contributed by atoms with Gasteiger partial charge in [0.2, 0.25) is 0 Å². The molecule has 1 aliphatic rings. The molecule has 0 aromatic heterocycles. The summed E-state index contributed by atoms with van der Waals surface area (Å²) < 4.78 is 0. The van der Waals surface area contributed by atoms with E-state index in [1.165, 1.54) is 6.07 Å². The number of aromatic hydroxyl groups is 2. The summed E-state index contributed by atoms with van der Waals surface area (Å²) in [6.07, 6.45) is 0. The van der Waals surface area contributed by atoms with Crippen LogP contribution in [0, 0.1) is 0 Å². The number of benzene rings is 1. The van der Waals surface area contributed by atoms with Crippen LogP contribution in [0.3, 0.4) is 0 Å². The lowest BCUT2D eigenvalue weighted by Crippen LogP contribution is -2.00. The van der Waals surface area contributed by atoms with Crippen molar-refractivity contribution in [1.29, 1.82) is 0 Å². The van der Waals surface area contributed by atoms with Gasteiger partial charge >= 0.3 is 0 Å². The lowest BCUT2D eigenvalue weighted by atomic mass is 10.1. The van der Waals surface area contributed by atoms with E-state index in [1.54, 1.807) is 0 Å². The monoisotopic (exact) mass is 185 g/mol. The molecular formula is C8H8ClNO2. The molecule has 2 rings (SSSR count). The molecule has 0 radical (unpaired) electrons. The highest BCUT2D eigenvalue weighted by atomic mass is 35.5. The lowest BCUT2D eigenvalue weighted by Gasteiger charge is -2.05. The van der Waals surface area contributed by atoms with E-state index in [-0.39, 0.29) is 16.5 Å². The van der Waals surface area contributed by atoms with Crippen LogP contribution in [0.4, 0.5) is 0 Å². The highest BCUT2D eigenvalue weighted by Gasteiger charge is 2.18. The third kappa shape index (κ3) is 0.940. The van der Waals surface area contributed by atoms with Gasteiger partial charge < -0.3 is 15.5 Å². The first-order valence-corrected chi connectivity index (χ1v) is 4.01. The Labute approximate surface area is 74.6 Å². The quantitative estimate of drug-likeness (QED) is 0.535. The van der Waals surface area contributed by atoms with Gasteiger partial charge in [0, 0.05) is 13.1 Å². The van der Waals surface area contributed by atoms with Gasteiger partial charge in [-0.2, -0.15) is 0 Å². The van der Waals surface area contributed by atoms with E-state index in [9.17, 15) is 10.2 Å². The molecule has 0 fully saturated rings.